The van der Waals surface area contributed by atoms with Crippen LogP contribution < -0.4 is 15.4 Å². The molecular weight excluding hydrogens is 176 g/mol. The summed E-state index contributed by atoms with van der Waals surface area (Å²) in [4.78, 5) is 0. The first-order valence-electron chi connectivity index (χ1n) is 5.03. The van der Waals surface area contributed by atoms with Crippen LogP contribution in [0, 0.1) is 0 Å². The molecule has 0 radical (unpaired) electrons. The first-order valence-corrected chi connectivity index (χ1v) is 5.03. The van der Waals surface area contributed by atoms with E-state index >= 15 is 0 Å². The minimum absolute atomic E-state index is 0.343. The highest BCUT2D eigenvalue weighted by molar-refractivity contribution is 5.45. The van der Waals surface area contributed by atoms with Crippen molar-refractivity contribution in [1.82, 2.24) is 5.32 Å². The third-order valence-corrected chi connectivity index (χ3v) is 2.46. The van der Waals surface area contributed by atoms with E-state index in [1.807, 2.05) is 31.3 Å². The van der Waals surface area contributed by atoms with Crippen molar-refractivity contribution in [3.63, 3.8) is 0 Å². The van der Waals surface area contributed by atoms with Crippen molar-refractivity contribution in [2.45, 2.75) is 12.5 Å². The molecule has 1 aliphatic rings. The van der Waals surface area contributed by atoms with Gasteiger partial charge in [0.15, 0.2) is 0 Å². The summed E-state index contributed by atoms with van der Waals surface area (Å²) in [6, 6.07) is 8.06. The Balaban J connectivity index is 1.95. The molecule has 0 aromatic heterocycles. The summed E-state index contributed by atoms with van der Waals surface area (Å²) < 4.78 is 5.78. The van der Waals surface area contributed by atoms with Crippen LogP contribution in [0.4, 0.5) is 5.69 Å². The monoisotopic (exact) mass is 192 g/mol. The highest BCUT2D eigenvalue weighted by Crippen LogP contribution is 2.17. The topological polar surface area (TPSA) is 33.3 Å². The van der Waals surface area contributed by atoms with Crippen molar-refractivity contribution < 1.29 is 4.74 Å². The Labute approximate surface area is 84.5 Å². The fourth-order valence-corrected chi connectivity index (χ4v) is 1.62. The van der Waals surface area contributed by atoms with Crippen LogP contribution in [0.2, 0.25) is 0 Å². The quantitative estimate of drug-likeness (QED) is 0.761. The highest BCUT2D eigenvalue weighted by atomic mass is 16.5. The Morgan fingerprint density at radius 1 is 1.36 bits per heavy atom. The third kappa shape index (κ3) is 2.17. The van der Waals surface area contributed by atoms with Gasteiger partial charge < -0.3 is 15.4 Å². The molecule has 1 aromatic carbocycles. The summed E-state index contributed by atoms with van der Waals surface area (Å²) in [5, 5.41) is 6.36. The standard InChI is InChI=1S/C11H16N2O/c1-12-9-2-4-10(5-3-9)14-11-6-7-13-8-11/h2-5,11-13H,6-8H2,1H3. The van der Waals surface area contributed by atoms with Gasteiger partial charge in [0.05, 0.1) is 0 Å². The summed E-state index contributed by atoms with van der Waals surface area (Å²) in [5.41, 5.74) is 1.11. The third-order valence-electron chi connectivity index (χ3n) is 2.46. The lowest BCUT2D eigenvalue weighted by Crippen LogP contribution is -2.19. The zero-order valence-electron chi connectivity index (χ0n) is 8.42. The van der Waals surface area contributed by atoms with Gasteiger partial charge in [-0.15, -0.1) is 0 Å². The van der Waals surface area contributed by atoms with Gasteiger partial charge in [0.25, 0.3) is 0 Å². The maximum Gasteiger partial charge on any atom is 0.119 e. The van der Waals surface area contributed by atoms with Gasteiger partial charge in [0, 0.05) is 19.3 Å². The number of nitrogens with one attached hydrogen (secondary N) is 2. The van der Waals surface area contributed by atoms with E-state index in [4.69, 9.17) is 4.74 Å². The largest absolute Gasteiger partial charge is 0.489 e. The number of rotatable bonds is 3. The van der Waals surface area contributed by atoms with Gasteiger partial charge in [-0.2, -0.15) is 0 Å². The zero-order chi connectivity index (χ0) is 9.80. The van der Waals surface area contributed by atoms with Gasteiger partial charge >= 0.3 is 0 Å². The average molecular weight is 192 g/mol. The number of benzene rings is 1. The molecular formula is C11H16N2O. The number of hydrogen-bond donors (Lipinski definition) is 2. The average Bonchev–Trinajstić information content (AvgIpc) is 2.72. The first-order chi connectivity index (χ1) is 6.88. The molecule has 0 bridgehead atoms. The van der Waals surface area contributed by atoms with E-state index in [0.29, 0.717) is 6.10 Å². The minimum atomic E-state index is 0.343. The molecule has 14 heavy (non-hydrogen) atoms. The Hall–Kier alpha value is -1.22. The lowest BCUT2D eigenvalue weighted by atomic mass is 10.3. The van der Waals surface area contributed by atoms with Crippen LogP contribution >= 0.6 is 0 Å². The SMILES string of the molecule is CNc1ccc(OC2CCNC2)cc1. The Kier molecular flexibility index (Phi) is 2.89. The predicted molar refractivity (Wildman–Crippen MR) is 57.9 cm³/mol. The molecule has 1 heterocycles. The van der Waals surface area contributed by atoms with E-state index in [9.17, 15) is 0 Å². The maximum atomic E-state index is 5.78. The Morgan fingerprint density at radius 2 is 2.14 bits per heavy atom. The van der Waals surface area contributed by atoms with Gasteiger partial charge in [-0.3, -0.25) is 0 Å². The summed E-state index contributed by atoms with van der Waals surface area (Å²) >= 11 is 0. The molecule has 1 unspecified atom stereocenters. The molecule has 1 saturated heterocycles. The van der Waals surface area contributed by atoms with Crippen molar-refractivity contribution >= 4 is 5.69 Å². The number of anilines is 1. The molecule has 1 fully saturated rings. The molecule has 1 aliphatic heterocycles. The molecule has 0 aliphatic carbocycles. The summed E-state index contributed by atoms with van der Waals surface area (Å²) in [7, 11) is 1.91. The molecule has 76 valence electrons. The van der Waals surface area contributed by atoms with Gasteiger partial charge in [0.2, 0.25) is 0 Å². The molecule has 1 atom stereocenters. The smallest absolute Gasteiger partial charge is 0.119 e. The van der Waals surface area contributed by atoms with Gasteiger partial charge in [-0.25, -0.2) is 0 Å². The van der Waals surface area contributed by atoms with E-state index in [1.165, 1.54) is 0 Å². The fraction of sp³-hybridized carbons (Fsp3) is 0.455. The lowest BCUT2D eigenvalue weighted by molar-refractivity contribution is 0.223. The van der Waals surface area contributed by atoms with E-state index in [0.717, 1.165) is 30.9 Å². The van der Waals surface area contributed by atoms with E-state index in [1.54, 1.807) is 0 Å². The van der Waals surface area contributed by atoms with Crippen LogP contribution in [0.1, 0.15) is 6.42 Å². The van der Waals surface area contributed by atoms with Crippen LogP contribution in [-0.4, -0.2) is 26.2 Å². The fourth-order valence-electron chi connectivity index (χ4n) is 1.62. The number of ether oxygens (including phenoxy) is 1. The van der Waals surface area contributed by atoms with E-state index < -0.39 is 0 Å². The lowest BCUT2D eigenvalue weighted by Gasteiger charge is -2.12. The van der Waals surface area contributed by atoms with Crippen molar-refractivity contribution in [1.29, 1.82) is 0 Å². The normalized spacial score (nSPS) is 20.8. The van der Waals surface area contributed by atoms with Gasteiger partial charge in [-0.05, 0) is 37.2 Å². The van der Waals surface area contributed by atoms with Crippen molar-refractivity contribution in [2.24, 2.45) is 0 Å². The van der Waals surface area contributed by atoms with Crippen LogP contribution in [0.15, 0.2) is 24.3 Å². The number of hydrogen-bond acceptors (Lipinski definition) is 3. The van der Waals surface area contributed by atoms with Crippen LogP contribution in [-0.2, 0) is 0 Å². The first kappa shape index (κ1) is 9.34. The minimum Gasteiger partial charge on any atom is -0.489 e. The molecule has 0 amide bonds. The predicted octanol–water partition coefficient (Wildman–Crippen LogP) is 1.47. The second-order valence-electron chi connectivity index (χ2n) is 3.51. The molecule has 3 heteroatoms. The van der Waals surface area contributed by atoms with Crippen molar-refractivity contribution in [3.8, 4) is 5.75 Å². The Bertz CT molecular complexity index is 278. The van der Waals surface area contributed by atoms with Crippen LogP contribution in [0.5, 0.6) is 5.75 Å². The van der Waals surface area contributed by atoms with Crippen molar-refractivity contribution in [2.75, 3.05) is 25.5 Å². The molecule has 3 nitrogen and oxygen atoms in total. The molecule has 2 rings (SSSR count). The molecule has 0 saturated carbocycles. The van der Waals surface area contributed by atoms with E-state index in [2.05, 4.69) is 10.6 Å². The van der Waals surface area contributed by atoms with E-state index in [-0.39, 0.29) is 0 Å². The molecule has 1 aromatic rings. The summed E-state index contributed by atoms with van der Waals surface area (Å²) in [6.45, 7) is 2.03. The van der Waals surface area contributed by atoms with Crippen LogP contribution in [0.3, 0.4) is 0 Å². The Morgan fingerprint density at radius 3 is 2.71 bits per heavy atom. The molecule has 0 spiro atoms. The van der Waals surface area contributed by atoms with Crippen LogP contribution in [0.25, 0.3) is 0 Å². The summed E-state index contributed by atoms with van der Waals surface area (Å²) in [5.74, 6) is 0.956. The molecule has 2 N–H and O–H groups in total. The second-order valence-corrected chi connectivity index (χ2v) is 3.51. The zero-order valence-corrected chi connectivity index (χ0v) is 8.42. The maximum absolute atomic E-state index is 5.78. The van der Waals surface area contributed by atoms with Gasteiger partial charge in [-0.1, -0.05) is 0 Å². The van der Waals surface area contributed by atoms with Crippen molar-refractivity contribution in [3.05, 3.63) is 24.3 Å². The van der Waals surface area contributed by atoms with Gasteiger partial charge in [0.1, 0.15) is 11.9 Å². The second kappa shape index (κ2) is 4.33. The highest BCUT2D eigenvalue weighted by Gasteiger charge is 2.15. The summed E-state index contributed by atoms with van der Waals surface area (Å²) in [6.07, 6.45) is 1.45.